The minimum atomic E-state index is -3.90. The highest BCUT2D eigenvalue weighted by molar-refractivity contribution is 7.74. The molecule has 0 bridgehead atoms. The normalized spacial score (nSPS) is 11.3. The largest absolute Gasteiger partial charge is 0.300 e. The third kappa shape index (κ3) is 2.00. The molecule has 0 aliphatic rings. The molecular formula is C12H10FOP. The molecule has 0 heterocycles. The lowest BCUT2D eigenvalue weighted by molar-refractivity contribution is 0.558. The Labute approximate surface area is 88.1 Å². The molecule has 15 heavy (non-hydrogen) atoms. The van der Waals surface area contributed by atoms with Gasteiger partial charge in [-0.15, -0.1) is 0 Å². The van der Waals surface area contributed by atoms with Crippen LogP contribution in [0.15, 0.2) is 60.7 Å². The summed E-state index contributed by atoms with van der Waals surface area (Å²) < 4.78 is 26.1. The summed E-state index contributed by atoms with van der Waals surface area (Å²) in [5.41, 5.74) is 0. The molecular weight excluding hydrogens is 210 g/mol. The molecule has 0 N–H and O–H groups in total. The van der Waals surface area contributed by atoms with Crippen LogP contribution in [0.25, 0.3) is 0 Å². The van der Waals surface area contributed by atoms with Crippen LogP contribution in [0.5, 0.6) is 0 Å². The highest BCUT2D eigenvalue weighted by Gasteiger charge is 2.25. The standard InChI is InChI=1S/C12H10FOP/c13-15(14,11-7-3-1-4-8-11)12-9-5-2-6-10-12/h1-10H. The van der Waals surface area contributed by atoms with Crippen molar-refractivity contribution in [1.29, 1.82) is 0 Å². The van der Waals surface area contributed by atoms with Gasteiger partial charge in [0.05, 0.1) is 0 Å². The van der Waals surface area contributed by atoms with Crippen LogP contribution in [0.2, 0.25) is 0 Å². The Morgan fingerprint density at radius 1 is 0.733 bits per heavy atom. The number of rotatable bonds is 2. The Hall–Kier alpha value is -1.40. The van der Waals surface area contributed by atoms with E-state index in [4.69, 9.17) is 0 Å². The summed E-state index contributed by atoms with van der Waals surface area (Å²) in [6.45, 7) is 0. The quantitative estimate of drug-likeness (QED) is 0.711. The molecule has 0 aromatic heterocycles. The maximum absolute atomic E-state index is 14.1. The van der Waals surface area contributed by atoms with Crippen molar-refractivity contribution in [2.75, 3.05) is 0 Å². The van der Waals surface area contributed by atoms with E-state index in [-0.39, 0.29) is 10.6 Å². The molecule has 0 atom stereocenters. The molecule has 2 aromatic carbocycles. The average Bonchev–Trinajstić information content (AvgIpc) is 2.31. The monoisotopic (exact) mass is 220 g/mol. The lowest BCUT2D eigenvalue weighted by Crippen LogP contribution is -2.11. The van der Waals surface area contributed by atoms with Crippen LogP contribution in [0, 0.1) is 0 Å². The molecule has 0 saturated heterocycles. The van der Waals surface area contributed by atoms with Gasteiger partial charge in [0.1, 0.15) is 0 Å². The maximum atomic E-state index is 14.1. The lowest BCUT2D eigenvalue weighted by atomic mass is 10.4. The predicted molar refractivity (Wildman–Crippen MR) is 60.9 cm³/mol. The second kappa shape index (κ2) is 4.00. The highest BCUT2D eigenvalue weighted by atomic mass is 31.2. The summed E-state index contributed by atoms with van der Waals surface area (Å²) in [5.74, 6) is 0. The summed E-state index contributed by atoms with van der Waals surface area (Å²) >= 11 is 0. The van der Waals surface area contributed by atoms with Crippen LogP contribution in [-0.4, -0.2) is 0 Å². The molecule has 2 rings (SSSR count). The molecule has 3 heteroatoms. The van der Waals surface area contributed by atoms with Crippen molar-refractivity contribution >= 4 is 18.1 Å². The summed E-state index contributed by atoms with van der Waals surface area (Å²) in [7, 11) is -3.90. The first-order valence-corrected chi connectivity index (χ1v) is 6.22. The van der Waals surface area contributed by atoms with Crippen LogP contribution >= 0.6 is 7.45 Å². The van der Waals surface area contributed by atoms with Crippen molar-refractivity contribution in [3.8, 4) is 0 Å². The van der Waals surface area contributed by atoms with Gasteiger partial charge in [0.15, 0.2) is 0 Å². The smallest absolute Gasteiger partial charge is 0.277 e. The van der Waals surface area contributed by atoms with Gasteiger partial charge in [-0.2, -0.15) is 4.20 Å². The fourth-order valence-electron chi connectivity index (χ4n) is 1.39. The maximum Gasteiger partial charge on any atom is 0.300 e. The molecule has 1 nitrogen and oxygen atoms in total. The highest BCUT2D eigenvalue weighted by Crippen LogP contribution is 2.44. The second-order valence-corrected chi connectivity index (χ2v) is 5.30. The minimum Gasteiger partial charge on any atom is -0.277 e. The molecule has 0 unspecified atom stereocenters. The zero-order chi connectivity index (χ0) is 10.7. The van der Waals surface area contributed by atoms with Gasteiger partial charge >= 0.3 is 0 Å². The summed E-state index contributed by atoms with van der Waals surface area (Å²) in [6, 6.07) is 16.5. The SMILES string of the molecule is O=P(F)(c1ccccc1)c1ccccc1. The Bertz CT molecular complexity index is 438. The molecule has 0 fully saturated rings. The zero-order valence-corrected chi connectivity index (χ0v) is 8.90. The number of benzene rings is 2. The van der Waals surface area contributed by atoms with Gasteiger partial charge in [0.25, 0.3) is 7.45 Å². The van der Waals surface area contributed by atoms with Crippen molar-refractivity contribution in [2.45, 2.75) is 0 Å². The predicted octanol–water partition coefficient (Wildman–Crippen LogP) is 2.89. The first-order valence-electron chi connectivity index (χ1n) is 4.62. The van der Waals surface area contributed by atoms with Gasteiger partial charge in [-0.3, -0.25) is 4.57 Å². The van der Waals surface area contributed by atoms with E-state index in [2.05, 4.69) is 0 Å². The van der Waals surface area contributed by atoms with E-state index in [1.54, 1.807) is 60.7 Å². The third-order valence-electron chi connectivity index (χ3n) is 2.18. The molecule has 0 amide bonds. The fourth-order valence-corrected chi connectivity index (χ4v) is 2.80. The van der Waals surface area contributed by atoms with Crippen LogP contribution < -0.4 is 10.6 Å². The third-order valence-corrected chi connectivity index (χ3v) is 4.10. The Morgan fingerprint density at radius 3 is 1.40 bits per heavy atom. The Kier molecular flexibility index (Phi) is 2.70. The topological polar surface area (TPSA) is 17.1 Å². The first-order chi connectivity index (χ1) is 7.21. The lowest BCUT2D eigenvalue weighted by Gasteiger charge is -2.08. The zero-order valence-electron chi connectivity index (χ0n) is 8.01. The van der Waals surface area contributed by atoms with Crippen LogP contribution in [0.3, 0.4) is 0 Å². The van der Waals surface area contributed by atoms with E-state index in [0.29, 0.717) is 0 Å². The number of hydrogen-bond donors (Lipinski definition) is 0. The Morgan fingerprint density at radius 2 is 1.07 bits per heavy atom. The van der Waals surface area contributed by atoms with E-state index in [1.165, 1.54) is 0 Å². The first kappa shape index (κ1) is 10.1. The van der Waals surface area contributed by atoms with E-state index in [9.17, 15) is 8.76 Å². The molecule has 76 valence electrons. The summed E-state index contributed by atoms with van der Waals surface area (Å²) in [5, 5.41) is 0.493. The van der Waals surface area contributed by atoms with E-state index in [1.807, 2.05) is 0 Å². The minimum absolute atomic E-state index is 0.246. The van der Waals surface area contributed by atoms with E-state index >= 15 is 0 Å². The van der Waals surface area contributed by atoms with Crippen molar-refractivity contribution in [3.63, 3.8) is 0 Å². The molecule has 0 radical (unpaired) electrons. The van der Waals surface area contributed by atoms with Gasteiger partial charge in [0.2, 0.25) is 0 Å². The molecule has 0 saturated carbocycles. The van der Waals surface area contributed by atoms with E-state index in [0.717, 1.165) is 0 Å². The van der Waals surface area contributed by atoms with Gasteiger partial charge in [-0.25, -0.2) is 0 Å². The van der Waals surface area contributed by atoms with E-state index < -0.39 is 7.45 Å². The average molecular weight is 220 g/mol. The molecule has 2 aromatic rings. The second-order valence-electron chi connectivity index (χ2n) is 3.20. The van der Waals surface area contributed by atoms with Gasteiger partial charge in [-0.1, -0.05) is 36.4 Å². The fraction of sp³-hybridized carbons (Fsp3) is 0. The summed E-state index contributed by atoms with van der Waals surface area (Å²) in [6.07, 6.45) is 0. The van der Waals surface area contributed by atoms with Gasteiger partial charge in [0, 0.05) is 10.6 Å². The number of halogens is 1. The van der Waals surface area contributed by atoms with Crippen molar-refractivity contribution < 1.29 is 8.76 Å². The Balaban J connectivity index is 2.50. The van der Waals surface area contributed by atoms with Crippen molar-refractivity contribution in [1.82, 2.24) is 0 Å². The van der Waals surface area contributed by atoms with Gasteiger partial charge in [-0.05, 0) is 24.3 Å². The summed E-state index contributed by atoms with van der Waals surface area (Å²) in [4.78, 5) is 0. The number of hydrogen-bond acceptors (Lipinski definition) is 1. The van der Waals surface area contributed by atoms with Crippen molar-refractivity contribution in [3.05, 3.63) is 60.7 Å². The van der Waals surface area contributed by atoms with Gasteiger partial charge < -0.3 is 0 Å². The van der Waals surface area contributed by atoms with Crippen LogP contribution in [0.1, 0.15) is 0 Å². The molecule has 0 aliphatic carbocycles. The van der Waals surface area contributed by atoms with Crippen LogP contribution in [-0.2, 0) is 4.57 Å². The van der Waals surface area contributed by atoms with Crippen molar-refractivity contribution in [2.24, 2.45) is 0 Å². The molecule has 0 spiro atoms. The van der Waals surface area contributed by atoms with Crippen LogP contribution in [0.4, 0.5) is 4.20 Å². The molecule has 0 aliphatic heterocycles.